The number of anilines is 1. The van der Waals surface area contributed by atoms with E-state index in [4.69, 9.17) is 14.2 Å². The van der Waals surface area contributed by atoms with E-state index in [1.807, 2.05) is 45.9 Å². The van der Waals surface area contributed by atoms with Crippen LogP contribution >= 0.6 is 0 Å². The largest absolute Gasteiger partial charge is 0.496 e. The van der Waals surface area contributed by atoms with Gasteiger partial charge in [0.25, 0.3) is 0 Å². The molecule has 9 heteroatoms. The molecule has 0 aromatic heterocycles. The van der Waals surface area contributed by atoms with Gasteiger partial charge in [-0.2, -0.15) is 0 Å². The fraction of sp³-hybridized carbons (Fsp3) is 0.591. The molecule has 0 saturated heterocycles. The fourth-order valence-electron chi connectivity index (χ4n) is 2.47. The van der Waals surface area contributed by atoms with Crippen molar-refractivity contribution in [2.45, 2.75) is 66.1 Å². The molecule has 0 heterocycles. The summed E-state index contributed by atoms with van der Waals surface area (Å²) in [6.45, 7) is 13.5. The minimum absolute atomic E-state index is 0.278. The Kier molecular flexibility index (Phi) is 9.61. The Balaban J connectivity index is 2.83. The number of aliphatic imine (C=N–C) groups is 1. The minimum atomic E-state index is -0.615. The van der Waals surface area contributed by atoms with Crippen LogP contribution in [0.15, 0.2) is 23.2 Å². The SMILES string of the molecule is CC/N=C(/NC(=O)OC(C)(C)C)Nc1ccc(OC)c(CCNC(=O)OC(C)(C)C)c1. The lowest BCUT2D eigenvalue weighted by atomic mass is 10.1. The fourth-order valence-corrected chi connectivity index (χ4v) is 2.47. The van der Waals surface area contributed by atoms with Gasteiger partial charge in [0.15, 0.2) is 0 Å². The summed E-state index contributed by atoms with van der Waals surface area (Å²) in [5.74, 6) is 0.963. The minimum Gasteiger partial charge on any atom is -0.496 e. The van der Waals surface area contributed by atoms with Gasteiger partial charge in [-0.15, -0.1) is 0 Å². The van der Waals surface area contributed by atoms with Crippen LogP contribution in [0, 0.1) is 0 Å². The van der Waals surface area contributed by atoms with E-state index < -0.39 is 23.4 Å². The van der Waals surface area contributed by atoms with E-state index in [0.29, 0.717) is 30.9 Å². The molecule has 9 nitrogen and oxygen atoms in total. The number of amides is 2. The van der Waals surface area contributed by atoms with E-state index in [0.717, 1.165) is 5.56 Å². The second kappa shape index (κ2) is 11.4. The summed E-state index contributed by atoms with van der Waals surface area (Å²) < 4.78 is 15.9. The third-order valence-electron chi connectivity index (χ3n) is 3.54. The van der Waals surface area contributed by atoms with Crippen LogP contribution in [-0.4, -0.2) is 49.5 Å². The highest BCUT2D eigenvalue weighted by atomic mass is 16.6. The predicted molar refractivity (Wildman–Crippen MR) is 122 cm³/mol. The molecular formula is C22H36N4O5. The van der Waals surface area contributed by atoms with Crippen molar-refractivity contribution in [3.8, 4) is 5.75 Å². The molecule has 0 spiro atoms. The maximum Gasteiger partial charge on any atom is 0.414 e. The molecule has 0 aliphatic heterocycles. The van der Waals surface area contributed by atoms with Crippen molar-refractivity contribution in [1.29, 1.82) is 0 Å². The molecule has 3 N–H and O–H groups in total. The molecule has 174 valence electrons. The molecule has 0 radical (unpaired) electrons. The van der Waals surface area contributed by atoms with Gasteiger partial charge in [-0.25, -0.2) is 9.59 Å². The molecule has 0 unspecified atom stereocenters. The summed E-state index contributed by atoms with van der Waals surface area (Å²) >= 11 is 0. The number of hydrogen-bond acceptors (Lipinski definition) is 6. The second-order valence-corrected chi connectivity index (χ2v) is 8.78. The number of nitrogens with zero attached hydrogens (tertiary/aromatic N) is 1. The first-order chi connectivity index (χ1) is 14.3. The summed E-state index contributed by atoms with van der Waals surface area (Å²) in [4.78, 5) is 28.2. The van der Waals surface area contributed by atoms with Gasteiger partial charge in [-0.05, 0) is 78.6 Å². The summed E-state index contributed by atoms with van der Waals surface area (Å²) in [7, 11) is 1.58. The Morgan fingerprint density at radius 1 is 1.00 bits per heavy atom. The number of hydrogen-bond donors (Lipinski definition) is 3. The van der Waals surface area contributed by atoms with E-state index in [-0.39, 0.29) is 5.96 Å². The van der Waals surface area contributed by atoms with Gasteiger partial charge in [0.05, 0.1) is 7.11 Å². The van der Waals surface area contributed by atoms with Crippen LogP contribution in [0.25, 0.3) is 0 Å². The lowest BCUT2D eigenvalue weighted by Gasteiger charge is -2.21. The Hall–Kier alpha value is -2.97. The van der Waals surface area contributed by atoms with Crippen molar-refractivity contribution >= 4 is 23.8 Å². The van der Waals surface area contributed by atoms with Gasteiger partial charge in [0.2, 0.25) is 5.96 Å². The number of nitrogens with one attached hydrogen (secondary N) is 3. The highest BCUT2D eigenvalue weighted by Gasteiger charge is 2.18. The highest BCUT2D eigenvalue weighted by Crippen LogP contribution is 2.23. The maximum absolute atomic E-state index is 12.1. The van der Waals surface area contributed by atoms with Gasteiger partial charge in [-0.3, -0.25) is 10.3 Å². The number of carbonyl (C=O) groups is 2. The third-order valence-corrected chi connectivity index (χ3v) is 3.54. The van der Waals surface area contributed by atoms with Crippen LogP contribution in [0.1, 0.15) is 54.0 Å². The number of ether oxygens (including phenoxy) is 3. The Morgan fingerprint density at radius 3 is 2.16 bits per heavy atom. The first kappa shape index (κ1) is 26.1. The van der Waals surface area contributed by atoms with Crippen molar-refractivity contribution in [3.05, 3.63) is 23.8 Å². The molecule has 0 saturated carbocycles. The monoisotopic (exact) mass is 436 g/mol. The number of alkyl carbamates (subject to hydrolysis) is 2. The number of carbonyl (C=O) groups excluding carboxylic acids is 2. The highest BCUT2D eigenvalue weighted by molar-refractivity contribution is 6.02. The first-order valence-electron chi connectivity index (χ1n) is 10.3. The maximum atomic E-state index is 12.1. The molecule has 0 aliphatic carbocycles. The van der Waals surface area contributed by atoms with E-state index >= 15 is 0 Å². The summed E-state index contributed by atoms with van der Waals surface area (Å²) in [6.07, 6.45) is -0.542. The standard InChI is InChI=1S/C22H36N4O5/c1-9-23-18(26-20(28)31-22(5,6)7)25-16-10-11-17(29-8)15(14-16)12-13-24-19(27)30-21(2,3)4/h10-11,14H,9,12-13H2,1-8H3,(H,24,27)(H2,23,25,26,28). The molecule has 0 aliphatic rings. The lowest BCUT2D eigenvalue weighted by Crippen LogP contribution is -2.40. The average molecular weight is 437 g/mol. The summed E-state index contributed by atoms with van der Waals surface area (Å²) in [5.41, 5.74) is 0.408. The first-order valence-corrected chi connectivity index (χ1v) is 10.3. The Labute approximate surface area is 184 Å². The van der Waals surface area contributed by atoms with E-state index in [1.54, 1.807) is 27.9 Å². The van der Waals surface area contributed by atoms with Crippen molar-refractivity contribution in [2.24, 2.45) is 4.99 Å². The Morgan fingerprint density at radius 2 is 1.61 bits per heavy atom. The topological polar surface area (TPSA) is 110 Å². The molecule has 31 heavy (non-hydrogen) atoms. The quantitative estimate of drug-likeness (QED) is 0.458. The van der Waals surface area contributed by atoms with E-state index in [9.17, 15) is 9.59 Å². The number of benzene rings is 1. The zero-order chi connectivity index (χ0) is 23.7. The van der Waals surface area contributed by atoms with Crippen molar-refractivity contribution in [2.75, 3.05) is 25.5 Å². The number of guanidine groups is 1. The average Bonchev–Trinajstić information content (AvgIpc) is 2.59. The van der Waals surface area contributed by atoms with Crippen molar-refractivity contribution < 1.29 is 23.8 Å². The third kappa shape index (κ3) is 11.1. The van der Waals surface area contributed by atoms with Crippen LogP contribution in [0.5, 0.6) is 5.75 Å². The number of rotatable bonds is 6. The van der Waals surface area contributed by atoms with Gasteiger partial charge in [0, 0.05) is 18.8 Å². The molecule has 1 rings (SSSR count). The molecule has 1 aromatic rings. The van der Waals surface area contributed by atoms with Gasteiger partial charge in [-0.1, -0.05) is 0 Å². The van der Waals surface area contributed by atoms with Crippen LogP contribution in [0.3, 0.4) is 0 Å². The molecule has 2 amide bonds. The zero-order valence-corrected chi connectivity index (χ0v) is 19.8. The predicted octanol–water partition coefficient (Wildman–Crippen LogP) is 4.07. The van der Waals surface area contributed by atoms with Crippen molar-refractivity contribution in [1.82, 2.24) is 10.6 Å². The molecule has 0 fully saturated rings. The molecule has 0 atom stereocenters. The summed E-state index contributed by atoms with van der Waals surface area (Å²) in [5, 5.41) is 8.45. The van der Waals surface area contributed by atoms with Crippen LogP contribution in [0.2, 0.25) is 0 Å². The summed E-state index contributed by atoms with van der Waals surface area (Å²) in [6, 6.07) is 5.49. The van der Waals surface area contributed by atoms with Gasteiger partial charge < -0.3 is 24.8 Å². The van der Waals surface area contributed by atoms with E-state index in [1.165, 1.54) is 0 Å². The normalized spacial score (nSPS) is 12.1. The van der Waals surface area contributed by atoms with Crippen molar-refractivity contribution in [3.63, 3.8) is 0 Å². The van der Waals surface area contributed by atoms with E-state index in [2.05, 4.69) is 20.9 Å². The molecular weight excluding hydrogens is 400 g/mol. The second-order valence-electron chi connectivity index (χ2n) is 8.78. The smallest absolute Gasteiger partial charge is 0.414 e. The van der Waals surface area contributed by atoms with Crippen LogP contribution in [0.4, 0.5) is 15.3 Å². The van der Waals surface area contributed by atoms with Crippen LogP contribution < -0.4 is 20.7 Å². The zero-order valence-electron chi connectivity index (χ0n) is 19.8. The molecule has 0 bridgehead atoms. The molecule has 1 aromatic carbocycles. The number of methoxy groups -OCH3 is 1. The Bertz CT molecular complexity index is 779. The van der Waals surface area contributed by atoms with Crippen LogP contribution in [-0.2, 0) is 15.9 Å². The van der Waals surface area contributed by atoms with Gasteiger partial charge in [0.1, 0.15) is 17.0 Å². The lowest BCUT2D eigenvalue weighted by molar-refractivity contribution is 0.0525. The van der Waals surface area contributed by atoms with Gasteiger partial charge >= 0.3 is 12.2 Å².